The van der Waals surface area contributed by atoms with E-state index in [-0.39, 0.29) is 0 Å². The highest BCUT2D eigenvalue weighted by molar-refractivity contribution is 7.49. The monoisotopic (exact) mass is 394 g/mol. The molecule has 28 heavy (non-hydrogen) atoms. The smallest absolute Gasteiger partial charge is 0.386 e. The van der Waals surface area contributed by atoms with Crippen molar-refractivity contribution >= 4 is 7.82 Å². The minimum atomic E-state index is -3.94. The van der Waals surface area contributed by atoms with Gasteiger partial charge in [0.15, 0.2) is 0 Å². The molecular weight excluding hydrogens is 371 g/mol. The van der Waals surface area contributed by atoms with Gasteiger partial charge >= 0.3 is 7.82 Å². The van der Waals surface area contributed by atoms with Gasteiger partial charge in [-0.05, 0) is 62.6 Å². The molecule has 4 rings (SSSR count). The number of hydrogen-bond acceptors (Lipinski definition) is 4. The Morgan fingerprint density at radius 2 is 1.25 bits per heavy atom. The Bertz CT molecular complexity index is 1040. The highest BCUT2D eigenvalue weighted by Crippen LogP contribution is 2.53. The third kappa shape index (κ3) is 3.79. The zero-order valence-corrected chi connectivity index (χ0v) is 17.4. The maximum atomic E-state index is 13.6. The number of benzene rings is 3. The average molecular weight is 394 g/mol. The third-order valence-corrected chi connectivity index (χ3v) is 6.03. The number of rotatable bonds is 2. The van der Waals surface area contributed by atoms with Gasteiger partial charge in [0, 0.05) is 6.42 Å². The standard InChI is InChI=1S/C23H23O4P/c1-15-5-8-21(18(4)11-15)25-28(24)26-22-9-6-16(2)12-19(22)14-20-13-17(3)7-10-23(20)27-28/h5-13H,14H2,1-4H3. The van der Waals surface area contributed by atoms with Crippen LogP contribution in [0.2, 0.25) is 0 Å². The number of fused-ring (bicyclic) bond motifs is 2. The second-order valence-electron chi connectivity index (χ2n) is 7.39. The molecule has 4 nitrogen and oxygen atoms in total. The van der Waals surface area contributed by atoms with E-state index in [1.807, 2.05) is 76.2 Å². The van der Waals surface area contributed by atoms with Crippen LogP contribution in [0.15, 0.2) is 54.6 Å². The summed E-state index contributed by atoms with van der Waals surface area (Å²) in [6.07, 6.45) is 0.636. The van der Waals surface area contributed by atoms with E-state index in [9.17, 15) is 4.57 Å². The van der Waals surface area contributed by atoms with Gasteiger partial charge in [-0.2, -0.15) is 4.57 Å². The first-order chi connectivity index (χ1) is 13.3. The Balaban J connectivity index is 1.82. The number of aryl methyl sites for hydroxylation is 4. The number of phosphoric ester groups is 1. The first kappa shape index (κ1) is 18.6. The first-order valence-corrected chi connectivity index (χ1v) is 10.7. The van der Waals surface area contributed by atoms with E-state index in [4.69, 9.17) is 13.6 Å². The molecule has 0 N–H and O–H groups in total. The highest BCUT2D eigenvalue weighted by Gasteiger charge is 2.36. The lowest BCUT2D eigenvalue weighted by atomic mass is 10.00. The van der Waals surface area contributed by atoms with Gasteiger partial charge in [-0.15, -0.1) is 0 Å². The van der Waals surface area contributed by atoms with E-state index in [0.717, 1.165) is 33.4 Å². The number of hydrogen-bond donors (Lipinski definition) is 0. The van der Waals surface area contributed by atoms with Gasteiger partial charge in [0.05, 0.1) is 0 Å². The van der Waals surface area contributed by atoms with Crippen molar-refractivity contribution in [2.45, 2.75) is 34.1 Å². The molecule has 0 fully saturated rings. The fourth-order valence-electron chi connectivity index (χ4n) is 3.40. The molecular formula is C23H23O4P. The van der Waals surface area contributed by atoms with Gasteiger partial charge in [0.25, 0.3) is 0 Å². The van der Waals surface area contributed by atoms with Crippen molar-refractivity contribution in [3.05, 3.63) is 88.0 Å². The molecule has 0 saturated heterocycles. The maximum Gasteiger partial charge on any atom is 0.647 e. The molecule has 0 unspecified atom stereocenters. The summed E-state index contributed by atoms with van der Waals surface area (Å²) >= 11 is 0. The van der Waals surface area contributed by atoms with Crippen LogP contribution >= 0.6 is 7.82 Å². The molecule has 0 radical (unpaired) electrons. The second kappa shape index (κ2) is 7.03. The summed E-state index contributed by atoms with van der Waals surface area (Å²) in [5, 5.41) is 0. The Labute approximate surface area is 165 Å². The minimum Gasteiger partial charge on any atom is -0.386 e. The number of phosphoric acid groups is 1. The molecule has 0 spiro atoms. The molecule has 0 aliphatic carbocycles. The molecule has 144 valence electrons. The van der Waals surface area contributed by atoms with Crippen molar-refractivity contribution < 1.29 is 18.1 Å². The Kier molecular flexibility index (Phi) is 4.68. The second-order valence-corrected chi connectivity index (χ2v) is 8.83. The summed E-state index contributed by atoms with van der Waals surface area (Å²) in [5.74, 6) is 1.52. The summed E-state index contributed by atoms with van der Waals surface area (Å²) < 4.78 is 31.2. The zero-order valence-electron chi connectivity index (χ0n) is 16.5. The van der Waals surface area contributed by atoms with E-state index in [1.165, 1.54) is 0 Å². The highest BCUT2D eigenvalue weighted by atomic mass is 31.2. The van der Waals surface area contributed by atoms with Gasteiger partial charge in [-0.3, -0.25) is 0 Å². The van der Waals surface area contributed by atoms with Crippen molar-refractivity contribution in [1.29, 1.82) is 0 Å². The van der Waals surface area contributed by atoms with E-state index >= 15 is 0 Å². The van der Waals surface area contributed by atoms with Gasteiger partial charge in [-0.25, -0.2) is 0 Å². The van der Waals surface area contributed by atoms with Crippen molar-refractivity contribution in [3.8, 4) is 17.2 Å². The van der Waals surface area contributed by atoms with Gasteiger partial charge < -0.3 is 13.6 Å². The molecule has 5 heteroatoms. The summed E-state index contributed by atoms with van der Waals surface area (Å²) in [4.78, 5) is 0. The van der Waals surface area contributed by atoms with E-state index in [2.05, 4.69) is 0 Å². The fraction of sp³-hybridized carbons (Fsp3) is 0.217. The third-order valence-electron chi connectivity index (χ3n) is 4.77. The largest absolute Gasteiger partial charge is 0.647 e. The molecule has 0 amide bonds. The van der Waals surface area contributed by atoms with Crippen LogP contribution in [-0.2, 0) is 11.0 Å². The van der Waals surface area contributed by atoms with Gasteiger partial charge in [-0.1, -0.05) is 53.1 Å². The molecule has 1 heterocycles. The van der Waals surface area contributed by atoms with Crippen molar-refractivity contribution in [3.63, 3.8) is 0 Å². The summed E-state index contributed by atoms with van der Waals surface area (Å²) in [6, 6.07) is 17.3. The molecule has 3 aromatic rings. The molecule has 0 saturated carbocycles. The minimum absolute atomic E-state index is 0.483. The lowest BCUT2D eigenvalue weighted by Gasteiger charge is -2.25. The molecule has 1 aliphatic rings. The van der Waals surface area contributed by atoms with Crippen LogP contribution in [0.5, 0.6) is 17.2 Å². The SMILES string of the molecule is Cc1ccc(OP2(=O)Oc3ccc(C)cc3Cc3cc(C)ccc3O2)c(C)c1. The van der Waals surface area contributed by atoms with Crippen LogP contribution < -0.4 is 13.6 Å². The topological polar surface area (TPSA) is 44.8 Å². The van der Waals surface area contributed by atoms with E-state index in [1.54, 1.807) is 6.07 Å². The zero-order chi connectivity index (χ0) is 19.9. The fourth-order valence-corrected chi connectivity index (χ4v) is 4.79. The van der Waals surface area contributed by atoms with Crippen LogP contribution in [0.1, 0.15) is 33.4 Å². The van der Waals surface area contributed by atoms with Crippen molar-refractivity contribution in [2.24, 2.45) is 0 Å². The maximum absolute atomic E-state index is 13.6. The van der Waals surface area contributed by atoms with Crippen LogP contribution in [-0.4, -0.2) is 0 Å². The van der Waals surface area contributed by atoms with Crippen molar-refractivity contribution in [1.82, 2.24) is 0 Å². The molecule has 0 aromatic heterocycles. The first-order valence-electron chi connectivity index (χ1n) is 9.26. The quantitative estimate of drug-likeness (QED) is 0.467. The van der Waals surface area contributed by atoms with Crippen LogP contribution in [0.4, 0.5) is 0 Å². The summed E-state index contributed by atoms with van der Waals surface area (Å²) in [7, 11) is -3.94. The Morgan fingerprint density at radius 1 is 0.750 bits per heavy atom. The van der Waals surface area contributed by atoms with E-state index in [0.29, 0.717) is 23.7 Å². The molecule has 1 aliphatic heterocycles. The summed E-state index contributed by atoms with van der Waals surface area (Å²) in [5.41, 5.74) is 6.12. The lowest BCUT2D eigenvalue weighted by molar-refractivity contribution is 0.293. The van der Waals surface area contributed by atoms with E-state index < -0.39 is 7.82 Å². The van der Waals surface area contributed by atoms with Gasteiger partial charge in [0.2, 0.25) is 0 Å². The van der Waals surface area contributed by atoms with Crippen molar-refractivity contribution in [2.75, 3.05) is 0 Å². The predicted molar refractivity (Wildman–Crippen MR) is 111 cm³/mol. The summed E-state index contributed by atoms with van der Waals surface area (Å²) in [6.45, 7) is 7.96. The molecule has 0 atom stereocenters. The van der Waals surface area contributed by atoms with Crippen LogP contribution in [0.25, 0.3) is 0 Å². The lowest BCUT2D eigenvalue weighted by Crippen LogP contribution is -2.13. The Hall–Kier alpha value is -2.71. The average Bonchev–Trinajstić information content (AvgIpc) is 2.61. The Morgan fingerprint density at radius 3 is 1.79 bits per heavy atom. The van der Waals surface area contributed by atoms with Crippen LogP contribution in [0.3, 0.4) is 0 Å². The van der Waals surface area contributed by atoms with Crippen LogP contribution in [0, 0.1) is 27.7 Å². The molecule has 3 aromatic carbocycles. The molecule has 0 bridgehead atoms. The normalized spacial score (nSPS) is 14.6. The predicted octanol–water partition coefficient (Wildman–Crippen LogP) is 6.47. The van der Waals surface area contributed by atoms with Gasteiger partial charge in [0.1, 0.15) is 17.2 Å².